The number of carbonyl (C=O) groups is 4. The number of hydrogen-bond donors (Lipinski definition) is 6. The molecule has 0 saturated heterocycles. The van der Waals surface area contributed by atoms with Crippen molar-refractivity contribution in [1.82, 2.24) is 16.0 Å². The normalized spacial score (nSPS) is 14.1. The molecule has 0 rings (SSSR count). The second-order valence-corrected chi connectivity index (χ2v) is 7.78. The van der Waals surface area contributed by atoms with Crippen LogP contribution in [0.15, 0.2) is 0 Å². The zero-order valence-corrected chi connectivity index (χ0v) is 17.6. The van der Waals surface area contributed by atoms with Crippen LogP contribution in [0.25, 0.3) is 0 Å². The van der Waals surface area contributed by atoms with Gasteiger partial charge < -0.3 is 26.8 Å². The molecule has 0 aromatic rings. The largest absolute Gasteiger partial charge is 0.480 e. The van der Waals surface area contributed by atoms with E-state index < -0.39 is 48.4 Å². The molecule has 0 fully saturated rings. The quantitative estimate of drug-likeness (QED) is 0.213. The number of amides is 3. The molecular formula is C16H30N4O5S2. The molecule has 0 aromatic carbocycles. The van der Waals surface area contributed by atoms with Gasteiger partial charge in [0.15, 0.2) is 0 Å². The summed E-state index contributed by atoms with van der Waals surface area (Å²) in [6.45, 7) is 3.33. The van der Waals surface area contributed by atoms with Crippen LogP contribution in [0.1, 0.15) is 26.7 Å². The molecule has 0 spiro atoms. The topological polar surface area (TPSA) is 151 Å². The maximum atomic E-state index is 12.5. The fourth-order valence-corrected chi connectivity index (χ4v) is 2.88. The van der Waals surface area contributed by atoms with E-state index in [0.717, 1.165) is 0 Å². The molecule has 27 heavy (non-hydrogen) atoms. The first-order chi connectivity index (χ1) is 12.6. The van der Waals surface area contributed by atoms with Crippen LogP contribution in [0.3, 0.4) is 0 Å². The zero-order chi connectivity index (χ0) is 21.0. The number of nitrogens with one attached hydrogen (secondary N) is 3. The summed E-state index contributed by atoms with van der Waals surface area (Å²) in [5, 5.41) is 15.9. The highest BCUT2D eigenvalue weighted by Gasteiger charge is 2.27. The van der Waals surface area contributed by atoms with Gasteiger partial charge in [-0.2, -0.15) is 24.4 Å². The number of nitrogens with two attached hydrogens (primary N) is 1. The summed E-state index contributed by atoms with van der Waals surface area (Å²) in [5.41, 5.74) is 5.86. The lowest BCUT2D eigenvalue weighted by atomic mass is 10.0. The van der Waals surface area contributed by atoms with Gasteiger partial charge in [0.25, 0.3) is 0 Å². The van der Waals surface area contributed by atoms with Gasteiger partial charge in [-0.3, -0.25) is 19.2 Å². The predicted molar refractivity (Wildman–Crippen MR) is 109 cm³/mol. The van der Waals surface area contributed by atoms with Crippen LogP contribution in [0.2, 0.25) is 0 Å². The first-order valence-electron chi connectivity index (χ1n) is 8.57. The Labute approximate surface area is 169 Å². The lowest BCUT2D eigenvalue weighted by molar-refractivity contribution is -0.138. The maximum absolute atomic E-state index is 12.5. The van der Waals surface area contributed by atoms with Crippen molar-refractivity contribution < 1.29 is 24.3 Å². The van der Waals surface area contributed by atoms with E-state index in [4.69, 9.17) is 10.8 Å². The lowest BCUT2D eigenvalue weighted by Gasteiger charge is -2.23. The zero-order valence-electron chi connectivity index (χ0n) is 15.9. The Bertz CT molecular complexity index is 519. The van der Waals surface area contributed by atoms with E-state index in [1.165, 1.54) is 11.8 Å². The van der Waals surface area contributed by atoms with Gasteiger partial charge in [0.05, 0.1) is 6.04 Å². The monoisotopic (exact) mass is 422 g/mol. The Hall–Kier alpha value is -1.46. The highest BCUT2D eigenvalue weighted by molar-refractivity contribution is 7.98. The van der Waals surface area contributed by atoms with Gasteiger partial charge in [-0.05, 0) is 30.8 Å². The van der Waals surface area contributed by atoms with Crippen molar-refractivity contribution in [3.63, 3.8) is 0 Å². The third-order valence-corrected chi connectivity index (χ3v) is 4.54. The molecule has 3 amide bonds. The summed E-state index contributed by atoms with van der Waals surface area (Å²) in [7, 11) is 0. The molecule has 0 aliphatic rings. The minimum Gasteiger partial charge on any atom is -0.480 e. The Morgan fingerprint density at radius 1 is 1.07 bits per heavy atom. The minimum atomic E-state index is -1.20. The molecule has 0 bridgehead atoms. The molecule has 0 radical (unpaired) electrons. The molecule has 11 heteroatoms. The first kappa shape index (κ1) is 25.5. The number of carboxylic acids is 1. The molecular weight excluding hydrogens is 392 g/mol. The molecule has 0 heterocycles. The molecule has 0 saturated carbocycles. The summed E-state index contributed by atoms with van der Waals surface area (Å²) in [6, 6.07) is -2.59. The summed E-state index contributed by atoms with van der Waals surface area (Å²) >= 11 is 5.53. The van der Waals surface area contributed by atoms with Crippen molar-refractivity contribution in [1.29, 1.82) is 0 Å². The van der Waals surface area contributed by atoms with Crippen LogP contribution in [0, 0.1) is 5.92 Å². The van der Waals surface area contributed by atoms with Crippen molar-refractivity contribution in [3.8, 4) is 0 Å². The molecule has 6 N–H and O–H groups in total. The van der Waals surface area contributed by atoms with Gasteiger partial charge in [-0.15, -0.1) is 0 Å². The first-order valence-corrected chi connectivity index (χ1v) is 10.6. The molecule has 3 unspecified atom stereocenters. The van der Waals surface area contributed by atoms with Crippen molar-refractivity contribution in [2.45, 2.75) is 44.8 Å². The van der Waals surface area contributed by atoms with E-state index in [-0.39, 0.29) is 11.7 Å². The van der Waals surface area contributed by atoms with Crippen molar-refractivity contribution in [3.05, 3.63) is 0 Å². The van der Waals surface area contributed by atoms with Gasteiger partial charge >= 0.3 is 5.97 Å². The molecule has 9 nitrogen and oxygen atoms in total. The van der Waals surface area contributed by atoms with Gasteiger partial charge in [-0.25, -0.2) is 0 Å². The number of thiol groups is 1. The summed E-state index contributed by atoms with van der Waals surface area (Å²) in [6.07, 6.45) is 2.72. The van der Waals surface area contributed by atoms with E-state index in [2.05, 4.69) is 28.6 Å². The van der Waals surface area contributed by atoms with Crippen molar-refractivity contribution in [2.75, 3.05) is 24.3 Å². The van der Waals surface area contributed by atoms with E-state index in [9.17, 15) is 19.2 Å². The van der Waals surface area contributed by atoms with Crippen LogP contribution in [0.5, 0.6) is 0 Å². The van der Waals surface area contributed by atoms with Gasteiger partial charge in [0, 0.05) is 5.75 Å². The molecule has 0 aromatic heterocycles. The van der Waals surface area contributed by atoms with Crippen LogP contribution < -0.4 is 21.7 Å². The van der Waals surface area contributed by atoms with E-state index in [1.54, 1.807) is 0 Å². The Balaban J connectivity index is 4.94. The van der Waals surface area contributed by atoms with Gasteiger partial charge in [-0.1, -0.05) is 13.8 Å². The average Bonchev–Trinajstić information content (AvgIpc) is 2.59. The SMILES string of the molecule is CSCCC(NC(=O)C(N)CC(C)C)C(=O)NC(CS)C(=O)NCC(=O)O. The number of carbonyl (C=O) groups excluding carboxylic acids is 3. The second-order valence-electron chi connectivity index (χ2n) is 6.43. The van der Waals surface area contributed by atoms with Crippen LogP contribution in [-0.2, 0) is 19.2 Å². The Morgan fingerprint density at radius 3 is 2.15 bits per heavy atom. The summed E-state index contributed by atoms with van der Waals surface area (Å²) in [5.74, 6) is -2.00. The number of carboxylic acid groups (broad SMARTS) is 1. The van der Waals surface area contributed by atoms with Gasteiger partial charge in [0.2, 0.25) is 17.7 Å². The highest BCUT2D eigenvalue weighted by Crippen LogP contribution is 2.06. The number of hydrogen-bond acceptors (Lipinski definition) is 7. The van der Waals surface area contributed by atoms with Crippen LogP contribution in [0.4, 0.5) is 0 Å². The average molecular weight is 423 g/mol. The number of rotatable bonds is 13. The Kier molecular flexibility index (Phi) is 12.9. The predicted octanol–water partition coefficient (Wildman–Crippen LogP) is -0.787. The molecule has 3 atom stereocenters. The van der Waals surface area contributed by atoms with Gasteiger partial charge in [0.1, 0.15) is 18.6 Å². The van der Waals surface area contributed by atoms with Crippen molar-refractivity contribution >= 4 is 48.1 Å². The van der Waals surface area contributed by atoms with E-state index in [0.29, 0.717) is 18.6 Å². The van der Waals surface area contributed by atoms with Crippen molar-refractivity contribution in [2.24, 2.45) is 11.7 Å². The van der Waals surface area contributed by atoms with E-state index >= 15 is 0 Å². The van der Waals surface area contributed by atoms with Crippen LogP contribution in [-0.4, -0.2) is 71.2 Å². The number of aliphatic carboxylic acids is 1. The fraction of sp³-hybridized carbons (Fsp3) is 0.750. The highest BCUT2D eigenvalue weighted by atomic mass is 32.2. The fourth-order valence-electron chi connectivity index (χ4n) is 2.15. The smallest absolute Gasteiger partial charge is 0.322 e. The molecule has 0 aliphatic heterocycles. The third kappa shape index (κ3) is 11.1. The summed E-state index contributed by atoms with van der Waals surface area (Å²) < 4.78 is 0. The molecule has 0 aliphatic carbocycles. The maximum Gasteiger partial charge on any atom is 0.322 e. The van der Waals surface area contributed by atoms with E-state index in [1.807, 2.05) is 20.1 Å². The van der Waals surface area contributed by atoms with Crippen LogP contribution >= 0.6 is 24.4 Å². The Morgan fingerprint density at radius 2 is 1.67 bits per heavy atom. The standard InChI is InChI=1S/C16H30N4O5S2/c1-9(2)6-10(17)14(23)19-11(4-5-27-3)16(25)20-12(8-26)15(24)18-7-13(21)22/h9-12,26H,4-8,17H2,1-3H3,(H,18,24)(H,19,23)(H,20,25)(H,21,22). The second kappa shape index (κ2) is 13.7. The molecule has 156 valence electrons. The minimum absolute atomic E-state index is 0.0206. The summed E-state index contributed by atoms with van der Waals surface area (Å²) in [4.78, 5) is 47.3. The lowest BCUT2D eigenvalue weighted by Crippen LogP contribution is -2.56. The third-order valence-electron chi connectivity index (χ3n) is 3.54. The number of thioether (sulfide) groups is 1.